The van der Waals surface area contributed by atoms with Crippen molar-refractivity contribution in [1.29, 1.82) is 0 Å². The standard InChI is InChI=1S/C15H27FN2O/c1-15(2,16)11-17-7-3-13(4-8-17)14-5-9-18(12-19)10-6-14/h12-14H,3-11H2,1-2H3. The Bertz CT molecular complexity index is 287. The number of carbonyl (C=O) groups is 1. The van der Waals surface area contributed by atoms with E-state index < -0.39 is 5.67 Å². The monoisotopic (exact) mass is 270 g/mol. The van der Waals surface area contributed by atoms with Gasteiger partial charge in [-0.3, -0.25) is 4.79 Å². The highest BCUT2D eigenvalue weighted by atomic mass is 19.1. The maximum Gasteiger partial charge on any atom is 0.209 e. The van der Waals surface area contributed by atoms with E-state index in [1.165, 1.54) is 12.8 Å². The molecule has 0 aromatic heterocycles. The summed E-state index contributed by atoms with van der Waals surface area (Å²) in [7, 11) is 0. The van der Waals surface area contributed by atoms with Crippen molar-refractivity contribution in [3.05, 3.63) is 0 Å². The molecule has 1 amide bonds. The van der Waals surface area contributed by atoms with E-state index in [4.69, 9.17) is 0 Å². The third kappa shape index (κ3) is 4.44. The summed E-state index contributed by atoms with van der Waals surface area (Å²) in [6, 6.07) is 0. The van der Waals surface area contributed by atoms with Crippen LogP contribution < -0.4 is 0 Å². The Morgan fingerprint density at radius 3 is 1.95 bits per heavy atom. The van der Waals surface area contributed by atoms with Crippen LogP contribution in [0.1, 0.15) is 39.5 Å². The highest BCUT2D eigenvalue weighted by Crippen LogP contribution is 2.32. The van der Waals surface area contributed by atoms with Crippen molar-refractivity contribution < 1.29 is 9.18 Å². The summed E-state index contributed by atoms with van der Waals surface area (Å²) in [4.78, 5) is 14.8. The first-order valence-corrected chi connectivity index (χ1v) is 7.58. The molecule has 4 heteroatoms. The van der Waals surface area contributed by atoms with Gasteiger partial charge in [-0.25, -0.2) is 4.39 Å². The van der Waals surface area contributed by atoms with Crippen LogP contribution in [0.4, 0.5) is 4.39 Å². The molecule has 2 aliphatic rings. The molecule has 0 spiro atoms. The number of likely N-dealkylation sites (tertiary alicyclic amines) is 2. The smallest absolute Gasteiger partial charge is 0.209 e. The van der Waals surface area contributed by atoms with Crippen LogP contribution in [-0.4, -0.2) is 54.6 Å². The number of amides is 1. The number of carbonyl (C=O) groups excluding carboxylic acids is 1. The number of hydrogen-bond acceptors (Lipinski definition) is 2. The molecule has 19 heavy (non-hydrogen) atoms. The average Bonchev–Trinajstić information content (AvgIpc) is 2.38. The molecule has 0 radical (unpaired) electrons. The topological polar surface area (TPSA) is 23.6 Å². The normalized spacial score (nSPS) is 24.7. The van der Waals surface area contributed by atoms with E-state index in [-0.39, 0.29) is 0 Å². The minimum atomic E-state index is -1.08. The van der Waals surface area contributed by atoms with Crippen molar-refractivity contribution in [1.82, 2.24) is 9.80 Å². The molecule has 2 aliphatic heterocycles. The van der Waals surface area contributed by atoms with Crippen molar-refractivity contribution in [3.63, 3.8) is 0 Å². The predicted octanol–water partition coefficient (Wildman–Crippen LogP) is 2.31. The minimum Gasteiger partial charge on any atom is -0.345 e. The zero-order valence-electron chi connectivity index (χ0n) is 12.3. The lowest BCUT2D eigenvalue weighted by molar-refractivity contribution is -0.119. The lowest BCUT2D eigenvalue weighted by Gasteiger charge is -2.40. The Hall–Kier alpha value is -0.640. The SMILES string of the molecule is CC(C)(F)CN1CCC(C2CCN(C=O)CC2)CC1. The summed E-state index contributed by atoms with van der Waals surface area (Å²) in [6.07, 6.45) is 5.67. The lowest BCUT2D eigenvalue weighted by atomic mass is 9.79. The highest BCUT2D eigenvalue weighted by Gasteiger charge is 2.30. The van der Waals surface area contributed by atoms with Gasteiger partial charge in [0.25, 0.3) is 0 Å². The van der Waals surface area contributed by atoms with Gasteiger partial charge < -0.3 is 9.80 Å². The van der Waals surface area contributed by atoms with E-state index in [1.54, 1.807) is 13.8 Å². The summed E-state index contributed by atoms with van der Waals surface area (Å²) in [5.74, 6) is 1.56. The predicted molar refractivity (Wildman–Crippen MR) is 74.7 cm³/mol. The molecule has 0 aliphatic carbocycles. The molecular weight excluding hydrogens is 243 g/mol. The Kier molecular flexibility index (Phi) is 4.82. The van der Waals surface area contributed by atoms with E-state index in [0.29, 0.717) is 6.54 Å². The molecule has 2 saturated heterocycles. The van der Waals surface area contributed by atoms with Crippen LogP contribution in [0.25, 0.3) is 0 Å². The van der Waals surface area contributed by atoms with Crippen molar-refractivity contribution in [2.24, 2.45) is 11.8 Å². The summed E-state index contributed by atoms with van der Waals surface area (Å²) >= 11 is 0. The number of nitrogens with zero attached hydrogens (tertiary/aromatic N) is 2. The van der Waals surface area contributed by atoms with Crippen LogP contribution in [0.5, 0.6) is 0 Å². The molecule has 3 nitrogen and oxygen atoms in total. The average molecular weight is 270 g/mol. The molecule has 2 fully saturated rings. The summed E-state index contributed by atoms with van der Waals surface area (Å²) < 4.78 is 13.6. The molecule has 2 heterocycles. The maximum atomic E-state index is 13.6. The second-order valence-electron chi connectivity index (χ2n) is 6.81. The van der Waals surface area contributed by atoms with Crippen LogP contribution >= 0.6 is 0 Å². The van der Waals surface area contributed by atoms with Gasteiger partial charge in [-0.1, -0.05) is 0 Å². The van der Waals surface area contributed by atoms with Gasteiger partial charge >= 0.3 is 0 Å². The van der Waals surface area contributed by atoms with Gasteiger partial charge in [-0.2, -0.15) is 0 Å². The molecule has 0 saturated carbocycles. The number of rotatable bonds is 4. The Morgan fingerprint density at radius 1 is 1.05 bits per heavy atom. The molecule has 110 valence electrons. The molecule has 0 bridgehead atoms. The van der Waals surface area contributed by atoms with Crippen molar-refractivity contribution in [2.45, 2.75) is 45.2 Å². The second kappa shape index (κ2) is 6.21. The number of alkyl halides is 1. The fourth-order valence-corrected chi connectivity index (χ4v) is 3.61. The zero-order chi connectivity index (χ0) is 13.9. The largest absolute Gasteiger partial charge is 0.345 e. The fourth-order valence-electron chi connectivity index (χ4n) is 3.61. The highest BCUT2D eigenvalue weighted by molar-refractivity contribution is 5.47. The summed E-state index contributed by atoms with van der Waals surface area (Å²) in [5.41, 5.74) is -1.08. The maximum absolute atomic E-state index is 13.6. The van der Waals surface area contributed by atoms with E-state index in [0.717, 1.165) is 57.3 Å². The Balaban J connectivity index is 1.73. The van der Waals surface area contributed by atoms with Gasteiger partial charge in [0, 0.05) is 19.6 Å². The number of halogens is 1. The first kappa shape index (κ1) is 14.8. The zero-order valence-corrected chi connectivity index (χ0v) is 12.3. The Morgan fingerprint density at radius 2 is 1.53 bits per heavy atom. The first-order chi connectivity index (χ1) is 8.98. The van der Waals surface area contributed by atoms with Crippen LogP contribution in [0.15, 0.2) is 0 Å². The minimum absolute atomic E-state index is 0.559. The molecule has 2 rings (SSSR count). The van der Waals surface area contributed by atoms with Gasteiger partial charge in [0.1, 0.15) is 5.67 Å². The van der Waals surface area contributed by atoms with E-state index in [2.05, 4.69) is 4.90 Å². The Labute approximate surface area is 116 Å². The van der Waals surface area contributed by atoms with E-state index >= 15 is 0 Å². The van der Waals surface area contributed by atoms with Crippen molar-refractivity contribution in [3.8, 4) is 0 Å². The van der Waals surface area contributed by atoms with Gasteiger partial charge in [0.05, 0.1) is 0 Å². The van der Waals surface area contributed by atoms with Gasteiger partial charge in [-0.15, -0.1) is 0 Å². The number of hydrogen-bond donors (Lipinski definition) is 0. The number of piperidine rings is 2. The molecule has 0 aromatic rings. The molecule has 0 atom stereocenters. The van der Waals surface area contributed by atoms with Crippen LogP contribution in [0, 0.1) is 11.8 Å². The lowest BCUT2D eigenvalue weighted by Crippen LogP contribution is -2.43. The van der Waals surface area contributed by atoms with Crippen LogP contribution in [-0.2, 0) is 4.79 Å². The quantitative estimate of drug-likeness (QED) is 0.732. The van der Waals surface area contributed by atoms with E-state index in [1.807, 2.05) is 4.90 Å². The van der Waals surface area contributed by atoms with Gasteiger partial charge in [0.15, 0.2) is 0 Å². The summed E-state index contributed by atoms with van der Waals surface area (Å²) in [5, 5.41) is 0. The van der Waals surface area contributed by atoms with Crippen LogP contribution in [0.2, 0.25) is 0 Å². The van der Waals surface area contributed by atoms with Crippen molar-refractivity contribution in [2.75, 3.05) is 32.7 Å². The van der Waals surface area contributed by atoms with Crippen LogP contribution in [0.3, 0.4) is 0 Å². The summed E-state index contributed by atoms with van der Waals surface area (Å²) in [6.45, 7) is 7.79. The van der Waals surface area contributed by atoms with Gasteiger partial charge in [-0.05, 0) is 64.5 Å². The molecule has 0 unspecified atom stereocenters. The molecule has 0 N–H and O–H groups in total. The third-order valence-electron chi connectivity index (χ3n) is 4.62. The first-order valence-electron chi connectivity index (χ1n) is 7.58. The third-order valence-corrected chi connectivity index (χ3v) is 4.62. The van der Waals surface area contributed by atoms with Crippen molar-refractivity contribution >= 4 is 6.41 Å². The van der Waals surface area contributed by atoms with E-state index in [9.17, 15) is 9.18 Å². The van der Waals surface area contributed by atoms with Gasteiger partial charge in [0.2, 0.25) is 6.41 Å². The molecule has 0 aromatic carbocycles. The fraction of sp³-hybridized carbons (Fsp3) is 0.933. The second-order valence-corrected chi connectivity index (χ2v) is 6.81. The molecular formula is C15H27FN2O.